The molecule has 1 aliphatic rings. The van der Waals surface area contributed by atoms with E-state index in [0.29, 0.717) is 13.1 Å². The van der Waals surface area contributed by atoms with Gasteiger partial charge in [-0.15, -0.1) is 0 Å². The lowest BCUT2D eigenvalue weighted by Crippen LogP contribution is -2.27. The van der Waals surface area contributed by atoms with Crippen LogP contribution in [-0.4, -0.2) is 21.9 Å². The molecule has 0 spiro atoms. The average Bonchev–Trinajstić information content (AvgIpc) is 3.63. The van der Waals surface area contributed by atoms with Crippen LogP contribution >= 0.6 is 0 Å². The second-order valence-electron chi connectivity index (χ2n) is 8.62. The number of alkyl halides is 2. The maximum absolute atomic E-state index is 15.4. The lowest BCUT2D eigenvalue weighted by atomic mass is 10.1. The molecular formula is C25H26F3N5O. The Morgan fingerprint density at radius 1 is 1.06 bits per heavy atom. The summed E-state index contributed by atoms with van der Waals surface area (Å²) in [7, 11) is 0. The fourth-order valence-electron chi connectivity index (χ4n) is 3.71. The van der Waals surface area contributed by atoms with Crippen molar-refractivity contribution in [2.75, 3.05) is 10.2 Å². The molecule has 6 nitrogen and oxygen atoms in total. The van der Waals surface area contributed by atoms with Crippen LogP contribution in [0.3, 0.4) is 0 Å². The molecule has 3 N–H and O–H groups in total. The summed E-state index contributed by atoms with van der Waals surface area (Å²) in [5.41, 5.74) is 7.64. The number of hydrogen-bond donors (Lipinski definition) is 2. The van der Waals surface area contributed by atoms with Gasteiger partial charge in [0.2, 0.25) is 11.7 Å². The minimum Gasteiger partial charge on any atom is -0.369 e. The second kappa shape index (κ2) is 9.70. The van der Waals surface area contributed by atoms with Crippen molar-refractivity contribution in [3.05, 3.63) is 82.9 Å². The molecule has 0 bridgehead atoms. The van der Waals surface area contributed by atoms with Gasteiger partial charge in [0, 0.05) is 31.6 Å². The van der Waals surface area contributed by atoms with E-state index in [1.807, 2.05) is 17.0 Å². The molecule has 0 aliphatic heterocycles. The average molecular weight is 470 g/mol. The van der Waals surface area contributed by atoms with Crippen LogP contribution in [0.4, 0.5) is 24.8 Å². The Hall–Kier alpha value is -3.62. The largest absolute Gasteiger partial charge is 0.369 e. The predicted molar refractivity (Wildman–Crippen MR) is 124 cm³/mol. The number of hydrogen-bond acceptors (Lipinski definition) is 5. The van der Waals surface area contributed by atoms with Gasteiger partial charge in [-0.2, -0.15) is 4.39 Å². The number of amides is 1. The van der Waals surface area contributed by atoms with Crippen molar-refractivity contribution in [2.45, 2.75) is 51.2 Å². The van der Waals surface area contributed by atoms with Crippen molar-refractivity contribution in [3.8, 4) is 0 Å². The first-order valence-electron chi connectivity index (χ1n) is 11.0. The first-order valence-corrected chi connectivity index (χ1v) is 11.0. The van der Waals surface area contributed by atoms with Gasteiger partial charge in [-0.05, 0) is 29.5 Å². The van der Waals surface area contributed by atoms with E-state index in [-0.39, 0.29) is 29.7 Å². The Morgan fingerprint density at radius 2 is 1.68 bits per heavy atom. The molecule has 1 aromatic heterocycles. The number of aromatic nitrogens is 2. The Balaban J connectivity index is 1.47. The Bertz CT molecular complexity index is 1140. The molecule has 1 saturated carbocycles. The van der Waals surface area contributed by atoms with E-state index in [1.54, 1.807) is 24.3 Å². The molecule has 2 aromatic carbocycles. The van der Waals surface area contributed by atoms with Crippen LogP contribution in [0.15, 0.2) is 54.9 Å². The number of carbonyl (C=O) groups is 1. The summed E-state index contributed by atoms with van der Waals surface area (Å²) in [6.45, 7) is 1.55. The van der Waals surface area contributed by atoms with Gasteiger partial charge >= 0.3 is 0 Å². The number of primary amides is 1. The summed E-state index contributed by atoms with van der Waals surface area (Å²) < 4.78 is 42.4. The molecule has 9 heteroatoms. The van der Waals surface area contributed by atoms with Crippen molar-refractivity contribution in [1.29, 1.82) is 0 Å². The third kappa shape index (κ3) is 5.84. The number of benzene rings is 2. The van der Waals surface area contributed by atoms with Gasteiger partial charge in [0.1, 0.15) is 6.33 Å². The van der Waals surface area contributed by atoms with Gasteiger partial charge in [0.05, 0.1) is 6.42 Å². The molecule has 0 radical (unpaired) electrons. The van der Waals surface area contributed by atoms with Crippen molar-refractivity contribution in [3.63, 3.8) is 0 Å². The van der Waals surface area contributed by atoms with Gasteiger partial charge in [0.15, 0.2) is 11.6 Å². The molecule has 178 valence electrons. The first kappa shape index (κ1) is 23.5. The summed E-state index contributed by atoms with van der Waals surface area (Å²) in [6, 6.07) is 13.5. The van der Waals surface area contributed by atoms with E-state index in [2.05, 4.69) is 15.3 Å². The van der Waals surface area contributed by atoms with Crippen molar-refractivity contribution >= 4 is 17.5 Å². The fourth-order valence-corrected chi connectivity index (χ4v) is 3.71. The maximum atomic E-state index is 15.4. The third-order valence-electron chi connectivity index (χ3n) is 5.71. The van der Waals surface area contributed by atoms with Gasteiger partial charge in [-0.1, -0.05) is 48.5 Å². The minimum absolute atomic E-state index is 0.0587. The molecule has 1 heterocycles. The van der Waals surface area contributed by atoms with Crippen LogP contribution < -0.4 is 16.0 Å². The smallest absolute Gasteiger partial charge is 0.270 e. The summed E-state index contributed by atoms with van der Waals surface area (Å²) in [6.07, 6.45) is 3.30. The number of anilines is 2. The van der Waals surface area contributed by atoms with E-state index in [9.17, 15) is 13.6 Å². The van der Waals surface area contributed by atoms with Gasteiger partial charge in [0.25, 0.3) is 5.92 Å². The molecular weight excluding hydrogens is 443 g/mol. The quantitative estimate of drug-likeness (QED) is 0.456. The van der Waals surface area contributed by atoms with E-state index in [4.69, 9.17) is 5.73 Å². The molecule has 1 amide bonds. The van der Waals surface area contributed by atoms with Crippen LogP contribution in [-0.2, 0) is 30.2 Å². The molecule has 0 atom stereocenters. The minimum atomic E-state index is -2.91. The highest BCUT2D eigenvalue weighted by Gasteiger charge is 2.33. The molecule has 34 heavy (non-hydrogen) atoms. The highest BCUT2D eigenvalue weighted by atomic mass is 19.3. The van der Waals surface area contributed by atoms with Crippen molar-refractivity contribution < 1.29 is 18.0 Å². The summed E-state index contributed by atoms with van der Waals surface area (Å²) in [4.78, 5) is 21.1. The van der Waals surface area contributed by atoms with Gasteiger partial charge in [-0.25, -0.2) is 18.7 Å². The van der Waals surface area contributed by atoms with Gasteiger partial charge in [-0.3, -0.25) is 4.79 Å². The zero-order chi connectivity index (χ0) is 24.3. The number of nitrogens with zero attached hydrogens (tertiary/aromatic N) is 3. The van der Waals surface area contributed by atoms with E-state index in [0.717, 1.165) is 36.5 Å². The Morgan fingerprint density at radius 3 is 2.26 bits per heavy atom. The van der Waals surface area contributed by atoms with Crippen LogP contribution in [0.5, 0.6) is 0 Å². The van der Waals surface area contributed by atoms with Crippen LogP contribution in [0.25, 0.3) is 0 Å². The van der Waals surface area contributed by atoms with Crippen molar-refractivity contribution in [1.82, 2.24) is 9.97 Å². The Kier molecular flexibility index (Phi) is 6.72. The number of rotatable bonds is 10. The van der Waals surface area contributed by atoms with Crippen molar-refractivity contribution in [2.24, 2.45) is 5.73 Å². The summed E-state index contributed by atoms with van der Waals surface area (Å²) in [5.74, 6) is -3.60. The number of carbonyl (C=O) groups excluding carboxylic acids is 1. The number of halogens is 3. The monoisotopic (exact) mass is 469 g/mol. The summed E-state index contributed by atoms with van der Waals surface area (Å²) in [5, 5.41) is 3.00. The maximum Gasteiger partial charge on any atom is 0.270 e. The zero-order valence-corrected chi connectivity index (χ0v) is 18.8. The number of nitrogens with two attached hydrogens (primary N) is 1. The van der Waals surface area contributed by atoms with Crippen LogP contribution in [0, 0.1) is 5.82 Å². The zero-order valence-electron chi connectivity index (χ0n) is 18.8. The molecule has 0 unspecified atom stereocenters. The molecule has 1 fully saturated rings. The topological polar surface area (TPSA) is 84.1 Å². The SMILES string of the molecule is CC(F)(F)c1ccc(CN(c2ncnc(NCc3ccc(CC(N)=O)cc3)c2F)C2CC2)cc1. The molecule has 4 rings (SSSR count). The molecule has 3 aromatic rings. The lowest BCUT2D eigenvalue weighted by molar-refractivity contribution is -0.117. The highest BCUT2D eigenvalue weighted by Crippen LogP contribution is 2.35. The van der Waals surface area contributed by atoms with E-state index in [1.165, 1.54) is 18.5 Å². The van der Waals surface area contributed by atoms with E-state index < -0.39 is 17.6 Å². The second-order valence-corrected chi connectivity index (χ2v) is 8.62. The third-order valence-corrected chi connectivity index (χ3v) is 5.71. The molecule has 1 aliphatic carbocycles. The van der Waals surface area contributed by atoms with E-state index >= 15 is 4.39 Å². The standard InChI is InChI=1S/C25H26F3N5O/c1-25(27,28)19-8-6-18(7-9-19)14-33(20-10-11-20)24-22(26)23(31-15-32-24)30-13-17-4-2-16(3-5-17)12-21(29)34/h2-9,15,20H,10-14H2,1H3,(H2,29,34)(H,30,31,32). The first-order chi connectivity index (χ1) is 16.2. The normalized spacial score (nSPS) is 13.5. The Labute approximate surface area is 196 Å². The fraction of sp³-hybridized carbons (Fsp3) is 0.320. The highest BCUT2D eigenvalue weighted by molar-refractivity contribution is 5.76. The number of nitrogens with one attached hydrogen (secondary N) is 1. The van der Waals surface area contributed by atoms with Gasteiger partial charge < -0.3 is 16.0 Å². The van der Waals surface area contributed by atoms with Crippen LogP contribution in [0.2, 0.25) is 0 Å². The molecule has 0 saturated heterocycles. The van der Waals surface area contributed by atoms with Crippen LogP contribution in [0.1, 0.15) is 42.0 Å². The summed E-state index contributed by atoms with van der Waals surface area (Å²) >= 11 is 0. The predicted octanol–water partition coefficient (Wildman–Crippen LogP) is 4.54. The lowest BCUT2D eigenvalue weighted by Gasteiger charge is -2.25.